The number of carboxylic acids is 1. The Hall–Kier alpha value is -1.35. The third-order valence-electron chi connectivity index (χ3n) is 2.93. The number of nitrogens with one attached hydrogen (secondary N) is 2. The number of carbonyl (C=O) groups is 2. The largest absolute Gasteiger partial charge is 0.481 e. The highest BCUT2D eigenvalue weighted by Crippen LogP contribution is 2.21. The van der Waals surface area contributed by atoms with Crippen LogP contribution in [0, 0.1) is 5.41 Å². The normalized spacial score (nSPS) is 13.8. The molecule has 0 aliphatic carbocycles. The summed E-state index contributed by atoms with van der Waals surface area (Å²) in [5.74, 6) is -1.22. The summed E-state index contributed by atoms with van der Waals surface area (Å²) >= 11 is 0. The van der Waals surface area contributed by atoms with Crippen LogP contribution in [0.1, 0.15) is 27.2 Å². The van der Waals surface area contributed by atoms with Gasteiger partial charge in [0.25, 0.3) is 0 Å². The topological polar surface area (TPSA) is 116 Å². The molecule has 124 valence electrons. The summed E-state index contributed by atoms with van der Waals surface area (Å²) in [4.78, 5) is 22.5. The molecule has 3 N–H and O–H groups in total. The van der Waals surface area contributed by atoms with Crippen LogP contribution in [0.3, 0.4) is 0 Å². The Balaban J connectivity index is 4.44. The van der Waals surface area contributed by atoms with Crippen molar-refractivity contribution in [1.82, 2.24) is 14.9 Å². The first-order valence-electron chi connectivity index (χ1n) is 6.52. The van der Waals surface area contributed by atoms with Crippen LogP contribution in [0.4, 0.5) is 4.79 Å². The van der Waals surface area contributed by atoms with Gasteiger partial charge in [-0.2, -0.15) is 0 Å². The molecule has 2 amide bonds. The van der Waals surface area contributed by atoms with Gasteiger partial charge in [-0.1, -0.05) is 20.8 Å². The number of hydrogen-bond donors (Lipinski definition) is 3. The highest BCUT2D eigenvalue weighted by molar-refractivity contribution is 7.89. The number of nitrogens with zero attached hydrogens (tertiary/aromatic N) is 1. The van der Waals surface area contributed by atoms with Gasteiger partial charge in [0.05, 0.1) is 12.2 Å². The maximum absolute atomic E-state index is 11.7. The van der Waals surface area contributed by atoms with Crippen LogP contribution >= 0.6 is 0 Å². The molecule has 0 saturated heterocycles. The lowest BCUT2D eigenvalue weighted by Gasteiger charge is -2.30. The highest BCUT2D eigenvalue weighted by atomic mass is 32.2. The second-order valence-electron chi connectivity index (χ2n) is 6.02. The molecule has 8 nitrogen and oxygen atoms in total. The number of aliphatic carboxylic acids is 1. The van der Waals surface area contributed by atoms with Crippen molar-refractivity contribution >= 4 is 22.0 Å². The monoisotopic (exact) mass is 323 g/mol. The number of amides is 2. The molecule has 0 aromatic rings. The van der Waals surface area contributed by atoms with Crippen molar-refractivity contribution in [2.24, 2.45) is 5.41 Å². The van der Waals surface area contributed by atoms with Crippen LogP contribution in [0.15, 0.2) is 0 Å². The minimum Gasteiger partial charge on any atom is -0.481 e. The van der Waals surface area contributed by atoms with Crippen molar-refractivity contribution in [3.63, 3.8) is 0 Å². The quantitative estimate of drug-likeness (QED) is 0.613. The van der Waals surface area contributed by atoms with E-state index in [0.717, 1.165) is 4.31 Å². The van der Waals surface area contributed by atoms with E-state index in [9.17, 15) is 18.0 Å². The molecular weight excluding hydrogens is 298 g/mol. The predicted molar refractivity (Wildman–Crippen MR) is 79.5 cm³/mol. The first-order chi connectivity index (χ1) is 9.36. The Bertz CT molecular complexity index is 468. The van der Waals surface area contributed by atoms with E-state index in [1.807, 2.05) is 20.8 Å². The molecule has 0 radical (unpaired) electrons. The zero-order chi connectivity index (χ0) is 16.8. The molecule has 1 atom stereocenters. The van der Waals surface area contributed by atoms with Gasteiger partial charge in [0.15, 0.2) is 0 Å². The Morgan fingerprint density at radius 3 is 2.14 bits per heavy atom. The molecule has 0 spiro atoms. The summed E-state index contributed by atoms with van der Waals surface area (Å²) < 4.78 is 24.1. The van der Waals surface area contributed by atoms with Gasteiger partial charge in [-0.25, -0.2) is 17.5 Å². The van der Waals surface area contributed by atoms with Crippen LogP contribution in [0.2, 0.25) is 0 Å². The summed E-state index contributed by atoms with van der Waals surface area (Å²) in [5, 5.41) is 13.8. The van der Waals surface area contributed by atoms with E-state index in [1.54, 1.807) is 0 Å². The fraction of sp³-hybridized carbons (Fsp3) is 0.833. The van der Waals surface area contributed by atoms with E-state index in [4.69, 9.17) is 5.11 Å². The molecule has 21 heavy (non-hydrogen) atoms. The van der Waals surface area contributed by atoms with Gasteiger partial charge in [0.1, 0.15) is 0 Å². The van der Waals surface area contributed by atoms with E-state index in [1.165, 1.54) is 14.1 Å². The van der Waals surface area contributed by atoms with Crippen molar-refractivity contribution in [3.8, 4) is 0 Å². The molecule has 9 heteroatoms. The molecule has 0 aromatic carbocycles. The van der Waals surface area contributed by atoms with Gasteiger partial charge in [-0.3, -0.25) is 4.79 Å². The predicted octanol–water partition coefficient (Wildman–Crippen LogP) is 0.0664. The van der Waals surface area contributed by atoms with Crippen LogP contribution in [0.25, 0.3) is 0 Å². The molecule has 0 saturated carbocycles. The van der Waals surface area contributed by atoms with Gasteiger partial charge in [-0.15, -0.1) is 0 Å². The van der Waals surface area contributed by atoms with Gasteiger partial charge < -0.3 is 15.7 Å². The van der Waals surface area contributed by atoms with Gasteiger partial charge in [0.2, 0.25) is 10.0 Å². The Morgan fingerprint density at radius 2 is 1.76 bits per heavy atom. The average Bonchev–Trinajstić information content (AvgIpc) is 2.25. The van der Waals surface area contributed by atoms with E-state index in [2.05, 4.69) is 10.6 Å². The molecule has 0 fully saturated rings. The smallest absolute Gasteiger partial charge is 0.315 e. The average molecular weight is 323 g/mol. The zero-order valence-corrected chi connectivity index (χ0v) is 14.0. The lowest BCUT2D eigenvalue weighted by molar-refractivity contribution is -0.138. The maximum Gasteiger partial charge on any atom is 0.315 e. The first-order valence-corrected chi connectivity index (χ1v) is 8.13. The van der Waals surface area contributed by atoms with Gasteiger partial charge in [0, 0.05) is 26.7 Å². The van der Waals surface area contributed by atoms with Crippen molar-refractivity contribution in [2.75, 3.05) is 26.4 Å². The number of urea groups is 1. The fourth-order valence-electron chi connectivity index (χ4n) is 1.43. The minimum atomic E-state index is -3.37. The van der Waals surface area contributed by atoms with E-state index in [-0.39, 0.29) is 18.7 Å². The van der Waals surface area contributed by atoms with Crippen LogP contribution < -0.4 is 10.6 Å². The molecule has 0 heterocycles. The molecule has 0 aromatic heterocycles. The number of rotatable bonds is 7. The SMILES string of the molecule is CN(C)S(=O)(=O)CCNC(=O)NC(CC(=O)O)C(C)(C)C. The molecule has 0 rings (SSSR count). The number of sulfonamides is 1. The summed E-state index contributed by atoms with van der Waals surface area (Å²) in [6, 6.07) is -1.13. The standard InChI is InChI=1S/C12H25N3O5S/c1-12(2,3)9(8-10(16)17)14-11(18)13-6-7-21(19,20)15(4)5/h9H,6-8H2,1-5H3,(H,16,17)(H2,13,14,18). The third kappa shape index (κ3) is 7.86. The molecule has 0 aliphatic heterocycles. The Labute approximate surface area is 125 Å². The highest BCUT2D eigenvalue weighted by Gasteiger charge is 2.28. The lowest BCUT2D eigenvalue weighted by atomic mass is 9.85. The van der Waals surface area contributed by atoms with Gasteiger partial charge in [-0.05, 0) is 5.41 Å². The van der Waals surface area contributed by atoms with Crippen molar-refractivity contribution < 1.29 is 23.1 Å². The van der Waals surface area contributed by atoms with E-state index >= 15 is 0 Å². The zero-order valence-electron chi connectivity index (χ0n) is 13.1. The second kappa shape index (κ2) is 7.60. The molecule has 0 aliphatic rings. The molecule has 0 bridgehead atoms. The Morgan fingerprint density at radius 1 is 1.24 bits per heavy atom. The van der Waals surface area contributed by atoms with E-state index < -0.39 is 33.5 Å². The summed E-state index contributed by atoms with van der Waals surface area (Å²) in [6.07, 6.45) is -0.201. The first kappa shape index (κ1) is 19.7. The minimum absolute atomic E-state index is 0.0454. The van der Waals surface area contributed by atoms with Crippen LogP contribution in [-0.4, -0.2) is 62.3 Å². The number of hydrogen-bond acceptors (Lipinski definition) is 4. The van der Waals surface area contributed by atoms with Gasteiger partial charge >= 0.3 is 12.0 Å². The van der Waals surface area contributed by atoms with E-state index in [0.29, 0.717) is 0 Å². The number of carbonyl (C=O) groups excluding carboxylic acids is 1. The lowest BCUT2D eigenvalue weighted by Crippen LogP contribution is -2.49. The second-order valence-corrected chi connectivity index (χ2v) is 8.32. The fourth-order valence-corrected chi connectivity index (χ4v) is 2.16. The Kier molecular flexibility index (Phi) is 7.11. The third-order valence-corrected chi connectivity index (χ3v) is 4.76. The summed E-state index contributed by atoms with van der Waals surface area (Å²) in [5.41, 5.74) is -0.425. The van der Waals surface area contributed by atoms with Crippen molar-refractivity contribution in [3.05, 3.63) is 0 Å². The summed E-state index contributed by atoms with van der Waals surface area (Å²) in [6.45, 7) is 5.41. The van der Waals surface area contributed by atoms with Crippen LogP contribution in [-0.2, 0) is 14.8 Å². The van der Waals surface area contributed by atoms with Crippen molar-refractivity contribution in [2.45, 2.75) is 33.2 Å². The number of carboxylic acid groups (broad SMARTS) is 1. The molecule has 1 unspecified atom stereocenters. The maximum atomic E-state index is 11.7. The molecular formula is C12H25N3O5S. The van der Waals surface area contributed by atoms with Crippen LogP contribution in [0.5, 0.6) is 0 Å². The summed E-state index contributed by atoms with van der Waals surface area (Å²) in [7, 11) is -0.544. The van der Waals surface area contributed by atoms with Crippen molar-refractivity contribution in [1.29, 1.82) is 0 Å².